The molecule has 0 aliphatic carbocycles. The molecule has 0 fully saturated rings. The van der Waals surface area contributed by atoms with Gasteiger partial charge in [-0.25, -0.2) is 4.39 Å². The number of benzene rings is 2. The van der Waals surface area contributed by atoms with E-state index in [0.717, 1.165) is 30.6 Å². The standard InChI is InChI=1S/C18H17FN2/c19-17-8-7-16(15(12-17)5-3-10-20)13-21-11-9-14-4-1-2-6-18(14)21/h1-2,4,6-8,12H,9-11,13,20H2. The molecule has 0 saturated carbocycles. The minimum atomic E-state index is -0.262. The van der Waals surface area contributed by atoms with Gasteiger partial charge < -0.3 is 10.6 Å². The van der Waals surface area contributed by atoms with Crippen LogP contribution in [0.1, 0.15) is 16.7 Å². The first kappa shape index (κ1) is 13.7. The van der Waals surface area contributed by atoms with Gasteiger partial charge >= 0.3 is 0 Å². The largest absolute Gasteiger partial charge is 0.367 e. The topological polar surface area (TPSA) is 29.3 Å². The van der Waals surface area contributed by atoms with Crippen LogP contribution in [0.5, 0.6) is 0 Å². The fourth-order valence-electron chi connectivity index (χ4n) is 2.73. The Morgan fingerprint density at radius 3 is 2.90 bits per heavy atom. The second kappa shape index (κ2) is 5.99. The van der Waals surface area contributed by atoms with E-state index in [1.54, 1.807) is 0 Å². The van der Waals surface area contributed by atoms with Gasteiger partial charge in [-0.15, -0.1) is 0 Å². The van der Waals surface area contributed by atoms with Crippen LogP contribution in [0.25, 0.3) is 0 Å². The molecule has 21 heavy (non-hydrogen) atoms. The molecule has 0 amide bonds. The van der Waals surface area contributed by atoms with Crippen molar-refractivity contribution in [3.63, 3.8) is 0 Å². The smallest absolute Gasteiger partial charge is 0.124 e. The number of nitrogens with two attached hydrogens (primary N) is 1. The highest BCUT2D eigenvalue weighted by Gasteiger charge is 2.19. The first-order valence-corrected chi connectivity index (χ1v) is 7.08. The number of para-hydroxylation sites is 1. The van der Waals surface area contributed by atoms with Gasteiger partial charge in [-0.2, -0.15) is 0 Å². The van der Waals surface area contributed by atoms with Crippen LogP contribution in [0.15, 0.2) is 42.5 Å². The molecular weight excluding hydrogens is 263 g/mol. The van der Waals surface area contributed by atoms with Crippen LogP contribution in [-0.2, 0) is 13.0 Å². The third kappa shape index (κ3) is 2.91. The molecule has 0 radical (unpaired) electrons. The second-order valence-electron chi connectivity index (χ2n) is 5.11. The highest BCUT2D eigenvalue weighted by atomic mass is 19.1. The number of hydrogen-bond acceptors (Lipinski definition) is 2. The molecule has 0 unspecified atom stereocenters. The number of hydrogen-bond donors (Lipinski definition) is 1. The van der Waals surface area contributed by atoms with Gasteiger partial charge in [0.15, 0.2) is 0 Å². The van der Waals surface area contributed by atoms with Crippen LogP contribution in [0, 0.1) is 17.7 Å². The summed E-state index contributed by atoms with van der Waals surface area (Å²) in [4.78, 5) is 2.32. The summed E-state index contributed by atoms with van der Waals surface area (Å²) in [5, 5.41) is 0. The van der Waals surface area contributed by atoms with Crippen molar-refractivity contribution >= 4 is 5.69 Å². The molecule has 0 atom stereocenters. The lowest BCUT2D eigenvalue weighted by molar-refractivity contribution is 0.626. The van der Waals surface area contributed by atoms with Crippen molar-refractivity contribution in [2.24, 2.45) is 5.73 Å². The summed E-state index contributed by atoms with van der Waals surface area (Å²) >= 11 is 0. The highest BCUT2D eigenvalue weighted by Crippen LogP contribution is 2.29. The molecule has 2 nitrogen and oxygen atoms in total. The average Bonchev–Trinajstić information content (AvgIpc) is 2.91. The van der Waals surface area contributed by atoms with E-state index < -0.39 is 0 Å². The van der Waals surface area contributed by atoms with Crippen molar-refractivity contribution < 1.29 is 4.39 Å². The zero-order valence-electron chi connectivity index (χ0n) is 11.8. The molecule has 0 spiro atoms. The Morgan fingerprint density at radius 2 is 2.05 bits per heavy atom. The van der Waals surface area contributed by atoms with E-state index in [4.69, 9.17) is 5.73 Å². The first-order chi connectivity index (χ1) is 10.3. The molecule has 2 aromatic rings. The molecule has 0 saturated heterocycles. The summed E-state index contributed by atoms with van der Waals surface area (Å²) in [5.41, 5.74) is 9.81. The van der Waals surface area contributed by atoms with E-state index >= 15 is 0 Å². The van der Waals surface area contributed by atoms with E-state index in [-0.39, 0.29) is 12.4 Å². The Hall–Kier alpha value is -2.31. The maximum absolute atomic E-state index is 13.4. The molecule has 1 heterocycles. The van der Waals surface area contributed by atoms with Crippen molar-refractivity contribution in [1.29, 1.82) is 0 Å². The number of anilines is 1. The minimum Gasteiger partial charge on any atom is -0.367 e. The number of rotatable bonds is 2. The normalized spacial score (nSPS) is 12.8. The molecule has 2 aromatic carbocycles. The van der Waals surface area contributed by atoms with E-state index in [9.17, 15) is 4.39 Å². The molecule has 1 aliphatic rings. The third-order valence-corrected chi connectivity index (χ3v) is 3.74. The van der Waals surface area contributed by atoms with Crippen LogP contribution in [0.4, 0.5) is 10.1 Å². The molecule has 3 rings (SSSR count). The van der Waals surface area contributed by atoms with Crippen LogP contribution in [0.3, 0.4) is 0 Å². The van der Waals surface area contributed by atoms with Gasteiger partial charge in [-0.3, -0.25) is 0 Å². The SMILES string of the molecule is NCC#Cc1cc(F)ccc1CN1CCc2ccccc21. The molecule has 0 bridgehead atoms. The Morgan fingerprint density at radius 1 is 1.19 bits per heavy atom. The molecule has 0 aromatic heterocycles. The maximum Gasteiger partial charge on any atom is 0.124 e. The molecule has 2 N–H and O–H groups in total. The van der Waals surface area contributed by atoms with Gasteiger partial charge in [-0.1, -0.05) is 36.1 Å². The quantitative estimate of drug-likeness (QED) is 0.857. The minimum absolute atomic E-state index is 0.262. The Balaban J connectivity index is 1.89. The fourth-order valence-corrected chi connectivity index (χ4v) is 2.73. The van der Waals surface area contributed by atoms with E-state index in [0.29, 0.717) is 0 Å². The molecule has 3 heteroatoms. The summed E-state index contributed by atoms with van der Waals surface area (Å²) < 4.78 is 13.4. The summed E-state index contributed by atoms with van der Waals surface area (Å²) in [6, 6.07) is 13.2. The van der Waals surface area contributed by atoms with Gasteiger partial charge in [-0.05, 0) is 35.7 Å². The summed E-state index contributed by atoms with van der Waals surface area (Å²) in [6.07, 6.45) is 1.06. The first-order valence-electron chi connectivity index (χ1n) is 7.08. The van der Waals surface area contributed by atoms with Crippen LogP contribution in [0.2, 0.25) is 0 Å². The summed E-state index contributed by atoms with van der Waals surface area (Å²) in [7, 11) is 0. The van der Waals surface area contributed by atoms with Gasteiger partial charge in [0.05, 0.1) is 6.54 Å². The van der Waals surface area contributed by atoms with E-state index in [2.05, 4.69) is 41.0 Å². The lowest BCUT2D eigenvalue weighted by Gasteiger charge is -2.20. The fraction of sp³-hybridized carbons (Fsp3) is 0.222. The molecule has 106 valence electrons. The summed E-state index contributed by atoms with van der Waals surface area (Å²) in [6.45, 7) is 2.01. The zero-order valence-corrected chi connectivity index (χ0v) is 11.8. The Bertz CT molecular complexity index is 713. The number of nitrogens with zero attached hydrogens (tertiary/aromatic N) is 1. The third-order valence-electron chi connectivity index (χ3n) is 3.74. The predicted molar refractivity (Wildman–Crippen MR) is 83.5 cm³/mol. The van der Waals surface area contributed by atoms with E-state index in [1.807, 2.05) is 6.07 Å². The highest BCUT2D eigenvalue weighted by molar-refractivity contribution is 5.58. The Labute approximate surface area is 124 Å². The monoisotopic (exact) mass is 280 g/mol. The Kier molecular flexibility index (Phi) is 3.89. The second-order valence-corrected chi connectivity index (χ2v) is 5.11. The van der Waals surface area contributed by atoms with Gasteiger partial charge in [0.25, 0.3) is 0 Å². The lowest BCUT2D eigenvalue weighted by Crippen LogP contribution is -2.20. The van der Waals surface area contributed by atoms with Crippen molar-refractivity contribution in [2.45, 2.75) is 13.0 Å². The molecular formula is C18H17FN2. The predicted octanol–water partition coefficient (Wildman–Crippen LogP) is 2.70. The van der Waals surface area contributed by atoms with Crippen LogP contribution in [-0.4, -0.2) is 13.1 Å². The van der Waals surface area contributed by atoms with Gasteiger partial charge in [0, 0.05) is 24.3 Å². The lowest BCUT2D eigenvalue weighted by atomic mass is 10.1. The molecule has 1 aliphatic heterocycles. The summed E-state index contributed by atoms with van der Waals surface area (Å²) in [5.74, 6) is 5.52. The maximum atomic E-state index is 13.4. The van der Waals surface area contributed by atoms with Crippen molar-refractivity contribution in [1.82, 2.24) is 0 Å². The van der Waals surface area contributed by atoms with Gasteiger partial charge in [0.1, 0.15) is 5.82 Å². The van der Waals surface area contributed by atoms with Crippen molar-refractivity contribution in [3.05, 3.63) is 65.0 Å². The number of fused-ring (bicyclic) bond motifs is 1. The van der Waals surface area contributed by atoms with Gasteiger partial charge in [0.2, 0.25) is 0 Å². The van der Waals surface area contributed by atoms with Crippen LogP contribution >= 0.6 is 0 Å². The van der Waals surface area contributed by atoms with E-state index in [1.165, 1.54) is 23.4 Å². The zero-order chi connectivity index (χ0) is 14.7. The van der Waals surface area contributed by atoms with Crippen molar-refractivity contribution in [2.75, 3.05) is 18.0 Å². The van der Waals surface area contributed by atoms with Crippen molar-refractivity contribution in [3.8, 4) is 11.8 Å². The van der Waals surface area contributed by atoms with Crippen LogP contribution < -0.4 is 10.6 Å². The average molecular weight is 280 g/mol. The number of halogens is 1.